The fraction of sp³-hybridized carbons (Fsp3) is 0. The van der Waals surface area contributed by atoms with E-state index in [0.29, 0.717) is 31.9 Å². The molecule has 1 aromatic heterocycles. The van der Waals surface area contributed by atoms with E-state index in [1.165, 1.54) is 6.07 Å². The van der Waals surface area contributed by atoms with Gasteiger partial charge in [0.2, 0.25) is 0 Å². The number of aromatic nitrogens is 2. The van der Waals surface area contributed by atoms with Crippen LogP contribution in [0.3, 0.4) is 0 Å². The number of nitro groups is 1. The third kappa shape index (κ3) is 2.69. The SMILES string of the molecule is O=[N+]([O-])c1cc(Br)ccc1Nc1c(Cl)ccc2nsnc12. The second kappa shape index (κ2) is 5.55. The Kier molecular flexibility index (Phi) is 3.75. The van der Waals surface area contributed by atoms with Gasteiger partial charge in [0, 0.05) is 10.5 Å². The molecule has 3 aromatic rings. The molecule has 0 saturated carbocycles. The zero-order chi connectivity index (χ0) is 15.0. The fourth-order valence-corrected chi connectivity index (χ4v) is 2.93. The van der Waals surface area contributed by atoms with Crippen LogP contribution in [0.2, 0.25) is 5.02 Å². The molecule has 0 unspecified atom stereocenters. The molecule has 6 nitrogen and oxygen atoms in total. The van der Waals surface area contributed by atoms with Gasteiger partial charge in [-0.15, -0.1) is 0 Å². The summed E-state index contributed by atoms with van der Waals surface area (Å²) in [6, 6.07) is 8.18. The van der Waals surface area contributed by atoms with Crippen molar-refractivity contribution in [3.8, 4) is 0 Å². The van der Waals surface area contributed by atoms with E-state index in [9.17, 15) is 10.1 Å². The molecule has 21 heavy (non-hydrogen) atoms. The fourth-order valence-electron chi connectivity index (χ4n) is 1.84. The molecule has 0 atom stereocenters. The number of fused-ring (bicyclic) bond motifs is 1. The lowest BCUT2D eigenvalue weighted by atomic mass is 10.2. The number of anilines is 2. The smallest absolute Gasteiger partial charge is 0.293 e. The molecule has 106 valence electrons. The topological polar surface area (TPSA) is 81.0 Å². The summed E-state index contributed by atoms with van der Waals surface area (Å²) in [5, 5.41) is 14.6. The van der Waals surface area contributed by atoms with Gasteiger partial charge in [0.15, 0.2) is 0 Å². The summed E-state index contributed by atoms with van der Waals surface area (Å²) in [4.78, 5) is 10.7. The van der Waals surface area contributed by atoms with Crippen molar-refractivity contribution in [2.24, 2.45) is 0 Å². The molecule has 0 aliphatic carbocycles. The van der Waals surface area contributed by atoms with Crippen LogP contribution in [-0.4, -0.2) is 13.7 Å². The van der Waals surface area contributed by atoms with E-state index in [1.807, 2.05) is 0 Å². The van der Waals surface area contributed by atoms with E-state index < -0.39 is 4.92 Å². The Bertz CT molecular complexity index is 854. The van der Waals surface area contributed by atoms with Gasteiger partial charge in [-0.25, -0.2) is 0 Å². The van der Waals surface area contributed by atoms with Crippen LogP contribution >= 0.6 is 39.3 Å². The third-order valence-corrected chi connectivity index (χ3v) is 4.14. The summed E-state index contributed by atoms with van der Waals surface area (Å²) >= 11 is 10.4. The largest absolute Gasteiger partial charge is 0.347 e. The number of rotatable bonds is 3. The molecular weight excluding hydrogens is 380 g/mol. The zero-order valence-corrected chi connectivity index (χ0v) is 13.4. The van der Waals surface area contributed by atoms with Crippen molar-refractivity contribution in [3.05, 3.63) is 49.9 Å². The quantitative estimate of drug-likeness (QED) is 0.519. The Balaban J connectivity index is 2.13. The van der Waals surface area contributed by atoms with Crippen LogP contribution in [0.25, 0.3) is 11.0 Å². The summed E-state index contributed by atoms with van der Waals surface area (Å²) in [6.45, 7) is 0. The highest BCUT2D eigenvalue weighted by Crippen LogP contribution is 2.36. The van der Waals surface area contributed by atoms with Crippen molar-refractivity contribution in [1.29, 1.82) is 0 Å². The first-order chi connectivity index (χ1) is 10.1. The van der Waals surface area contributed by atoms with Crippen LogP contribution in [0.1, 0.15) is 0 Å². The summed E-state index contributed by atoms with van der Waals surface area (Å²) in [5.74, 6) is 0. The van der Waals surface area contributed by atoms with Crippen LogP contribution in [0.5, 0.6) is 0 Å². The van der Waals surface area contributed by atoms with E-state index in [0.717, 1.165) is 11.7 Å². The van der Waals surface area contributed by atoms with E-state index in [4.69, 9.17) is 11.6 Å². The van der Waals surface area contributed by atoms with Crippen molar-refractivity contribution in [2.75, 3.05) is 5.32 Å². The van der Waals surface area contributed by atoms with Crippen molar-refractivity contribution in [3.63, 3.8) is 0 Å². The van der Waals surface area contributed by atoms with Crippen molar-refractivity contribution < 1.29 is 4.92 Å². The first kappa shape index (κ1) is 14.2. The highest BCUT2D eigenvalue weighted by atomic mass is 79.9. The average Bonchev–Trinajstić information content (AvgIpc) is 2.92. The molecule has 9 heteroatoms. The minimum absolute atomic E-state index is 0.0550. The third-order valence-electron chi connectivity index (χ3n) is 2.79. The zero-order valence-electron chi connectivity index (χ0n) is 10.2. The molecule has 0 bridgehead atoms. The van der Waals surface area contributed by atoms with Gasteiger partial charge in [-0.05, 0) is 24.3 Å². The maximum Gasteiger partial charge on any atom is 0.293 e. The van der Waals surface area contributed by atoms with Crippen LogP contribution in [-0.2, 0) is 0 Å². The van der Waals surface area contributed by atoms with Crippen molar-refractivity contribution in [1.82, 2.24) is 8.75 Å². The first-order valence-corrected chi connectivity index (χ1v) is 7.58. The van der Waals surface area contributed by atoms with Gasteiger partial charge in [0.05, 0.1) is 27.4 Å². The number of nitrogens with one attached hydrogen (secondary N) is 1. The molecule has 3 rings (SSSR count). The Morgan fingerprint density at radius 1 is 1.29 bits per heavy atom. The van der Waals surface area contributed by atoms with Gasteiger partial charge in [-0.3, -0.25) is 10.1 Å². The summed E-state index contributed by atoms with van der Waals surface area (Å²) < 4.78 is 8.92. The lowest BCUT2D eigenvalue weighted by Gasteiger charge is -2.09. The Hall–Kier alpha value is -1.77. The number of nitro benzene ring substituents is 1. The summed E-state index contributed by atoms with van der Waals surface area (Å²) in [5.41, 5.74) is 2.07. The highest BCUT2D eigenvalue weighted by molar-refractivity contribution is 9.10. The van der Waals surface area contributed by atoms with Crippen LogP contribution in [0.4, 0.5) is 17.1 Å². The molecule has 0 saturated heterocycles. The maximum atomic E-state index is 11.1. The van der Waals surface area contributed by atoms with Crippen LogP contribution in [0, 0.1) is 10.1 Å². The molecule has 0 radical (unpaired) electrons. The predicted molar refractivity (Wildman–Crippen MR) is 86.5 cm³/mol. The molecule has 0 fully saturated rings. The van der Waals surface area contributed by atoms with Crippen molar-refractivity contribution >= 4 is 67.4 Å². The lowest BCUT2D eigenvalue weighted by molar-refractivity contribution is -0.384. The van der Waals surface area contributed by atoms with E-state index in [1.54, 1.807) is 24.3 Å². The molecule has 0 spiro atoms. The van der Waals surface area contributed by atoms with Crippen molar-refractivity contribution in [2.45, 2.75) is 0 Å². The summed E-state index contributed by atoms with van der Waals surface area (Å²) in [7, 11) is 0. The van der Waals surface area contributed by atoms with E-state index >= 15 is 0 Å². The Morgan fingerprint density at radius 3 is 2.86 bits per heavy atom. The highest BCUT2D eigenvalue weighted by Gasteiger charge is 2.17. The number of benzene rings is 2. The van der Waals surface area contributed by atoms with Gasteiger partial charge in [-0.1, -0.05) is 27.5 Å². The number of hydrogen-bond donors (Lipinski definition) is 1. The lowest BCUT2D eigenvalue weighted by Crippen LogP contribution is -1.98. The van der Waals surface area contributed by atoms with E-state index in [2.05, 4.69) is 30.0 Å². The minimum Gasteiger partial charge on any atom is -0.347 e. The number of nitrogens with zero attached hydrogens (tertiary/aromatic N) is 3. The average molecular weight is 386 g/mol. The second-order valence-electron chi connectivity index (χ2n) is 4.10. The molecule has 1 heterocycles. The van der Waals surface area contributed by atoms with Gasteiger partial charge >= 0.3 is 0 Å². The number of halogens is 2. The molecule has 2 aromatic carbocycles. The Morgan fingerprint density at radius 2 is 2.10 bits per heavy atom. The van der Waals surface area contributed by atoms with Crippen LogP contribution < -0.4 is 5.32 Å². The van der Waals surface area contributed by atoms with Gasteiger partial charge in [0.25, 0.3) is 5.69 Å². The second-order valence-corrected chi connectivity index (χ2v) is 5.95. The van der Waals surface area contributed by atoms with Gasteiger partial charge in [-0.2, -0.15) is 8.75 Å². The molecular formula is C12H6BrClN4O2S. The van der Waals surface area contributed by atoms with Gasteiger partial charge < -0.3 is 5.32 Å². The van der Waals surface area contributed by atoms with Gasteiger partial charge in [0.1, 0.15) is 16.7 Å². The number of hydrogen-bond acceptors (Lipinski definition) is 6. The molecule has 1 N–H and O–H groups in total. The molecule has 0 aliphatic heterocycles. The standard InChI is InChI=1S/C12H6BrClN4O2S/c13-6-1-3-8(10(5-6)18(19)20)15-11-7(14)2-4-9-12(11)17-21-16-9/h1-5,15H. The minimum atomic E-state index is -0.458. The van der Waals surface area contributed by atoms with Crippen LogP contribution in [0.15, 0.2) is 34.8 Å². The maximum absolute atomic E-state index is 11.1. The summed E-state index contributed by atoms with van der Waals surface area (Å²) in [6.07, 6.45) is 0. The molecule has 0 amide bonds. The predicted octanol–water partition coefficient (Wildman–Crippen LogP) is 4.76. The van der Waals surface area contributed by atoms with E-state index in [-0.39, 0.29) is 5.69 Å². The normalized spacial score (nSPS) is 10.8. The molecule has 0 aliphatic rings. The Labute approximate surface area is 136 Å². The monoisotopic (exact) mass is 384 g/mol. The first-order valence-electron chi connectivity index (χ1n) is 5.68.